The van der Waals surface area contributed by atoms with E-state index >= 15 is 0 Å². The van der Waals surface area contributed by atoms with Gasteiger partial charge in [-0.25, -0.2) is 0 Å². The maximum Gasteiger partial charge on any atom is 0.0670 e. The Morgan fingerprint density at radius 1 is 1.25 bits per heavy atom. The van der Waals surface area contributed by atoms with Crippen molar-refractivity contribution >= 4 is 28.4 Å². The Hall–Kier alpha value is 0.730. The third-order valence-electron chi connectivity index (χ3n) is 2.49. The van der Waals surface area contributed by atoms with Crippen molar-refractivity contribution < 1.29 is 13.6 Å². The second kappa shape index (κ2) is 10.9. The SMILES string of the molecule is C#CC[C@H](C)[C@@H](C[C@H](CCOP)OP)OP. The third-order valence-corrected chi connectivity index (χ3v) is 3.46. The number of hydrogen-bond acceptors (Lipinski definition) is 3. The molecule has 0 aromatic rings. The second-order valence-electron chi connectivity index (χ2n) is 3.71. The maximum absolute atomic E-state index is 5.36. The van der Waals surface area contributed by atoms with Crippen molar-refractivity contribution in [1.82, 2.24) is 0 Å². The molecule has 16 heavy (non-hydrogen) atoms. The van der Waals surface area contributed by atoms with Gasteiger partial charge in [0, 0.05) is 41.2 Å². The lowest BCUT2D eigenvalue weighted by atomic mass is 9.95. The second-order valence-corrected chi connectivity index (χ2v) is 4.59. The zero-order valence-electron chi connectivity index (χ0n) is 9.59. The molecular formula is C10H21O3P3. The minimum Gasteiger partial charge on any atom is -0.366 e. The van der Waals surface area contributed by atoms with Crippen LogP contribution in [-0.4, -0.2) is 18.8 Å². The van der Waals surface area contributed by atoms with Crippen molar-refractivity contribution in [3.8, 4) is 12.3 Å². The van der Waals surface area contributed by atoms with E-state index in [1.165, 1.54) is 0 Å². The molecular weight excluding hydrogens is 261 g/mol. The Labute approximate surface area is 106 Å². The lowest BCUT2D eigenvalue weighted by molar-refractivity contribution is 0.0915. The summed E-state index contributed by atoms with van der Waals surface area (Å²) in [5.41, 5.74) is 0. The lowest BCUT2D eigenvalue weighted by Gasteiger charge is -2.25. The van der Waals surface area contributed by atoms with E-state index in [-0.39, 0.29) is 12.2 Å². The number of rotatable bonds is 9. The summed E-state index contributed by atoms with van der Waals surface area (Å²) >= 11 is 0. The van der Waals surface area contributed by atoms with Gasteiger partial charge in [0.25, 0.3) is 0 Å². The molecule has 0 aliphatic heterocycles. The van der Waals surface area contributed by atoms with Crippen molar-refractivity contribution in [2.24, 2.45) is 5.92 Å². The van der Waals surface area contributed by atoms with Crippen LogP contribution >= 0.6 is 28.4 Å². The van der Waals surface area contributed by atoms with Crippen molar-refractivity contribution in [2.45, 2.75) is 38.4 Å². The molecule has 0 heterocycles. The molecule has 6 atom stereocenters. The normalized spacial score (nSPS) is 16.4. The van der Waals surface area contributed by atoms with Crippen LogP contribution in [0.3, 0.4) is 0 Å². The van der Waals surface area contributed by atoms with E-state index in [2.05, 4.69) is 41.2 Å². The van der Waals surface area contributed by atoms with Crippen LogP contribution in [0.1, 0.15) is 26.2 Å². The van der Waals surface area contributed by atoms with Gasteiger partial charge in [-0.2, -0.15) is 0 Å². The Kier molecular flexibility index (Phi) is 11.4. The van der Waals surface area contributed by atoms with Gasteiger partial charge < -0.3 is 13.6 Å². The van der Waals surface area contributed by atoms with Gasteiger partial charge >= 0.3 is 0 Å². The molecule has 0 saturated carbocycles. The van der Waals surface area contributed by atoms with Crippen molar-refractivity contribution in [2.75, 3.05) is 6.61 Å². The van der Waals surface area contributed by atoms with Crippen LogP contribution in [0, 0.1) is 18.3 Å². The van der Waals surface area contributed by atoms with Gasteiger partial charge in [0.05, 0.1) is 18.8 Å². The van der Waals surface area contributed by atoms with Gasteiger partial charge in [-0.05, 0) is 12.3 Å². The van der Waals surface area contributed by atoms with Crippen LogP contribution < -0.4 is 0 Å². The molecule has 94 valence electrons. The van der Waals surface area contributed by atoms with Crippen LogP contribution in [0.25, 0.3) is 0 Å². The van der Waals surface area contributed by atoms with Gasteiger partial charge in [-0.1, -0.05) is 6.92 Å². The zero-order valence-corrected chi connectivity index (χ0v) is 13.1. The summed E-state index contributed by atoms with van der Waals surface area (Å²) in [6.07, 6.45) is 7.85. The van der Waals surface area contributed by atoms with E-state index in [1.54, 1.807) is 0 Å². The average molecular weight is 282 g/mol. The fraction of sp³-hybridized carbons (Fsp3) is 0.800. The minimum atomic E-state index is 0.0936. The standard InChI is InChI=1S/C10H21O3P3/c1-3-4-8(2)10(13-16)7-9(12-15)5-6-11-14/h1,8-10H,4-7,14-16H2,2H3/t8-,9-,10+/m0/s1. The Morgan fingerprint density at radius 2 is 1.94 bits per heavy atom. The highest BCUT2D eigenvalue weighted by atomic mass is 31.0. The van der Waals surface area contributed by atoms with Crippen molar-refractivity contribution in [3.63, 3.8) is 0 Å². The van der Waals surface area contributed by atoms with Gasteiger partial charge in [0.1, 0.15) is 0 Å². The van der Waals surface area contributed by atoms with E-state index in [1.807, 2.05) is 0 Å². The predicted octanol–water partition coefficient (Wildman–Crippen LogP) is 2.58. The lowest BCUT2D eigenvalue weighted by Crippen LogP contribution is -2.25. The van der Waals surface area contributed by atoms with Crippen LogP contribution in [0.5, 0.6) is 0 Å². The fourth-order valence-electron chi connectivity index (χ4n) is 1.44. The third kappa shape index (κ3) is 7.13. The molecule has 3 nitrogen and oxygen atoms in total. The largest absolute Gasteiger partial charge is 0.366 e. The molecule has 6 heteroatoms. The first-order valence-corrected chi connectivity index (χ1v) is 6.57. The molecule has 0 radical (unpaired) electrons. The molecule has 0 aromatic carbocycles. The molecule has 0 fully saturated rings. The average Bonchev–Trinajstić information content (AvgIpc) is 2.30. The van der Waals surface area contributed by atoms with Crippen LogP contribution in [-0.2, 0) is 13.6 Å². The van der Waals surface area contributed by atoms with E-state index in [0.29, 0.717) is 18.9 Å². The Morgan fingerprint density at radius 3 is 2.38 bits per heavy atom. The molecule has 0 amide bonds. The summed E-state index contributed by atoms with van der Waals surface area (Å²) in [4.78, 5) is 0. The first kappa shape index (κ1) is 16.7. The Bertz CT molecular complexity index is 208. The van der Waals surface area contributed by atoms with Crippen molar-refractivity contribution in [3.05, 3.63) is 0 Å². The molecule has 0 aliphatic rings. The first-order chi connectivity index (χ1) is 7.69. The topological polar surface area (TPSA) is 27.7 Å². The van der Waals surface area contributed by atoms with Crippen molar-refractivity contribution in [1.29, 1.82) is 0 Å². The highest BCUT2D eigenvalue weighted by molar-refractivity contribution is 7.10. The monoisotopic (exact) mass is 282 g/mol. The minimum absolute atomic E-state index is 0.0936. The van der Waals surface area contributed by atoms with Gasteiger partial charge in [0.15, 0.2) is 0 Å². The smallest absolute Gasteiger partial charge is 0.0670 e. The van der Waals surface area contributed by atoms with Gasteiger partial charge in [0.2, 0.25) is 0 Å². The molecule has 3 unspecified atom stereocenters. The highest BCUT2D eigenvalue weighted by Crippen LogP contribution is 2.22. The van der Waals surface area contributed by atoms with E-state index in [0.717, 1.165) is 12.8 Å². The van der Waals surface area contributed by atoms with E-state index in [9.17, 15) is 0 Å². The molecule has 0 N–H and O–H groups in total. The maximum atomic E-state index is 5.36. The number of hydrogen-bond donors (Lipinski definition) is 0. The summed E-state index contributed by atoms with van der Waals surface area (Å²) < 4.78 is 15.6. The van der Waals surface area contributed by atoms with E-state index in [4.69, 9.17) is 20.0 Å². The van der Waals surface area contributed by atoms with Crippen LogP contribution in [0.4, 0.5) is 0 Å². The predicted molar refractivity (Wildman–Crippen MR) is 76.7 cm³/mol. The summed E-state index contributed by atoms with van der Waals surface area (Å²) in [7, 11) is 6.83. The van der Waals surface area contributed by atoms with E-state index < -0.39 is 0 Å². The fourth-order valence-corrected chi connectivity index (χ4v) is 2.20. The summed E-state index contributed by atoms with van der Waals surface area (Å²) in [5, 5.41) is 0. The summed E-state index contributed by atoms with van der Waals surface area (Å²) in [6.45, 7) is 2.73. The quantitative estimate of drug-likeness (QED) is 0.480. The molecule has 0 aliphatic carbocycles. The summed E-state index contributed by atoms with van der Waals surface area (Å²) in [5.74, 6) is 2.97. The zero-order chi connectivity index (χ0) is 12.4. The molecule has 0 aromatic heterocycles. The Balaban J connectivity index is 4.11. The van der Waals surface area contributed by atoms with Gasteiger partial charge in [-0.15, -0.1) is 12.3 Å². The molecule has 0 bridgehead atoms. The van der Waals surface area contributed by atoms with Gasteiger partial charge in [-0.3, -0.25) is 0 Å². The van der Waals surface area contributed by atoms with Crippen LogP contribution in [0.2, 0.25) is 0 Å². The summed E-state index contributed by atoms with van der Waals surface area (Å²) in [6, 6.07) is 0. The van der Waals surface area contributed by atoms with Crippen LogP contribution in [0.15, 0.2) is 0 Å². The molecule has 0 spiro atoms. The highest BCUT2D eigenvalue weighted by Gasteiger charge is 2.21. The number of terminal acetylenes is 1. The molecule has 0 saturated heterocycles. The first-order valence-electron chi connectivity index (χ1n) is 5.15. The molecule has 0 rings (SSSR count).